The lowest BCUT2D eigenvalue weighted by Crippen LogP contribution is -2.33. The normalized spacial score (nSPS) is 22.9. The molecule has 116 valence electrons. The summed E-state index contributed by atoms with van der Waals surface area (Å²) in [6, 6.07) is 1.94. The van der Waals surface area contributed by atoms with E-state index in [1.54, 1.807) is 6.20 Å². The molecule has 0 bridgehead atoms. The zero-order valence-electron chi connectivity index (χ0n) is 12.2. The predicted octanol–water partition coefficient (Wildman–Crippen LogP) is 1.73. The van der Waals surface area contributed by atoms with E-state index in [1.807, 2.05) is 6.07 Å². The molecule has 22 heavy (non-hydrogen) atoms. The Morgan fingerprint density at radius 2 is 2.27 bits per heavy atom. The molecule has 1 saturated heterocycles. The van der Waals surface area contributed by atoms with E-state index >= 15 is 0 Å². The Hall–Kier alpha value is -1.47. The Morgan fingerprint density at radius 1 is 1.45 bits per heavy atom. The van der Waals surface area contributed by atoms with E-state index in [4.69, 9.17) is 0 Å². The van der Waals surface area contributed by atoms with E-state index in [1.165, 1.54) is 0 Å². The molecule has 1 aliphatic carbocycles. The number of rotatable bonds is 3. The molecule has 1 amide bonds. The highest BCUT2D eigenvalue weighted by molar-refractivity contribution is 9.10. The summed E-state index contributed by atoms with van der Waals surface area (Å²) >= 11 is 3.39. The van der Waals surface area contributed by atoms with Crippen molar-refractivity contribution in [2.75, 3.05) is 13.1 Å². The molecule has 2 aromatic heterocycles. The first-order chi connectivity index (χ1) is 10.7. The fourth-order valence-electron chi connectivity index (χ4n) is 3.50. The molecule has 2 aliphatic rings. The number of nitrogens with zero attached hydrogens (tertiary/aromatic N) is 2. The summed E-state index contributed by atoms with van der Waals surface area (Å²) in [5, 5.41) is 6.38. The monoisotopic (exact) mass is 363 g/mol. The van der Waals surface area contributed by atoms with Gasteiger partial charge in [0.1, 0.15) is 5.82 Å². The fourth-order valence-corrected chi connectivity index (χ4v) is 3.83. The maximum atomic E-state index is 12.3. The number of aromatic nitrogens is 3. The molecule has 6 nitrogen and oxygen atoms in total. The molecule has 7 heteroatoms. The molecule has 3 N–H and O–H groups in total. The Balaban J connectivity index is 1.38. The zero-order valence-corrected chi connectivity index (χ0v) is 13.7. The number of carbonyl (C=O) groups excluding carboxylic acids is 1. The molecule has 2 aromatic rings. The molecule has 0 radical (unpaired) electrons. The van der Waals surface area contributed by atoms with Crippen LogP contribution >= 0.6 is 15.9 Å². The van der Waals surface area contributed by atoms with E-state index < -0.39 is 0 Å². The van der Waals surface area contributed by atoms with Crippen molar-refractivity contribution in [2.24, 2.45) is 11.3 Å². The summed E-state index contributed by atoms with van der Waals surface area (Å²) in [6.07, 6.45) is 4.99. The highest BCUT2D eigenvalue weighted by Gasteiger charge is 2.57. The lowest BCUT2D eigenvalue weighted by molar-refractivity contribution is -0.123. The Bertz CT molecular complexity index is 722. The highest BCUT2D eigenvalue weighted by atomic mass is 79.9. The quantitative estimate of drug-likeness (QED) is 0.775. The minimum Gasteiger partial charge on any atom is -0.349 e. The number of amides is 1. The molecule has 1 aliphatic heterocycles. The first kappa shape index (κ1) is 14.1. The first-order valence-electron chi connectivity index (χ1n) is 7.65. The minimum atomic E-state index is 0.163. The number of fused-ring (bicyclic) bond motifs is 1. The molecule has 1 unspecified atom stereocenters. The van der Waals surface area contributed by atoms with Crippen molar-refractivity contribution in [2.45, 2.75) is 25.8 Å². The van der Waals surface area contributed by atoms with Crippen molar-refractivity contribution in [3.8, 4) is 0 Å². The number of pyridine rings is 1. The third-order valence-corrected chi connectivity index (χ3v) is 5.32. The molecule has 1 atom stereocenters. The van der Waals surface area contributed by atoms with Gasteiger partial charge in [0.2, 0.25) is 5.91 Å². The van der Waals surface area contributed by atoms with Gasteiger partial charge in [-0.05, 0) is 59.8 Å². The average Bonchev–Trinajstić information content (AvgIpc) is 3.05. The number of nitrogens with one attached hydrogen (secondary N) is 3. The van der Waals surface area contributed by atoms with Crippen LogP contribution in [-0.4, -0.2) is 33.9 Å². The predicted molar refractivity (Wildman–Crippen MR) is 86.1 cm³/mol. The summed E-state index contributed by atoms with van der Waals surface area (Å²) in [5.41, 5.74) is 1.82. The van der Waals surface area contributed by atoms with Gasteiger partial charge < -0.3 is 15.6 Å². The summed E-state index contributed by atoms with van der Waals surface area (Å²) in [4.78, 5) is 24.2. The van der Waals surface area contributed by atoms with Crippen LogP contribution in [0.5, 0.6) is 0 Å². The standard InChI is InChI=1S/C15H18BrN5O/c16-9-5-11-13(18-7-9)21-12(20-11)8-19-14(22)10-6-15(10)1-3-17-4-2-15/h5,7,10,17H,1-4,6,8H2,(H,19,22)(H,18,20,21). The van der Waals surface area contributed by atoms with Gasteiger partial charge in [-0.25, -0.2) is 9.97 Å². The van der Waals surface area contributed by atoms with Crippen LogP contribution < -0.4 is 10.6 Å². The summed E-state index contributed by atoms with van der Waals surface area (Å²) in [6.45, 7) is 2.50. The number of piperidine rings is 1. The largest absolute Gasteiger partial charge is 0.349 e. The SMILES string of the molecule is O=C(NCc1nc2ncc(Br)cc2[nH]1)C1CC12CCNCC2. The van der Waals surface area contributed by atoms with Crippen molar-refractivity contribution >= 4 is 33.0 Å². The third-order valence-electron chi connectivity index (χ3n) is 4.89. The number of halogens is 1. The summed E-state index contributed by atoms with van der Waals surface area (Å²) < 4.78 is 0.907. The second-order valence-corrected chi connectivity index (χ2v) is 7.21. The first-order valence-corrected chi connectivity index (χ1v) is 8.44. The van der Waals surface area contributed by atoms with Crippen LogP contribution in [0.3, 0.4) is 0 Å². The van der Waals surface area contributed by atoms with Gasteiger partial charge in [0.25, 0.3) is 0 Å². The van der Waals surface area contributed by atoms with Crippen LogP contribution in [0, 0.1) is 11.3 Å². The molecule has 1 spiro atoms. The van der Waals surface area contributed by atoms with E-state index in [0.717, 1.165) is 48.2 Å². The lowest BCUT2D eigenvalue weighted by Gasteiger charge is -2.23. The zero-order chi connectivity index (χ0) is 15.2. The van der Waals surface area contributed by atoms with Gasteiger partial charge >= 0.3 is 0 Å². The number of imidazole rings is 1. The third kappa shape index (κ3) is 2.52. The molecule has 0 aromatic carbocycles. The highest BCUT2D eigenvalue weighted by Crippen LogP contribution is 2.58. The average molecular weight is 364 g/mol. The van der Waals surface area contributed by atoms with E-state index in [2.05, 4.69) is 41.5 Å². The van der Waals surface area contributed by atoms with Crippen molar-refractivity contribution in [1.82, 2.24) is 25.6 Å². The molecule has 2 fully saturated rings. The maximum Gasteiger partial charge on any atom is 0.224 e. The number of carbonyl (C=O) groups is 1. The van der Waals surface area contributed by atoms with E-state index in [0.29, 0.717) is 12.2 Å². The maximum absolute atomic E-state index is 12.3. The molecule has 4 rings (SSSR count). The second-order valence-electron chi connectivity index (χ2n) is 6.30. The molecular formula is C15H18BrN5O. The van der Waals surface area contributed by atoms with Crippen LogP contribution in [0.2, 0.25) is 0 Å². The fraction of sp³-hybridized carbons (Fsp3) is 0.533. The van der Waals surface area contributed by atoms with E-state index in [9.17, 15) is 4.79 Å². The van der Waals surface area contributed by atoms with E-state index in [-0.39, 0.29) is 17.2 Å². The Kier molecular flexibility index (Phi) is 3.41. The summed E-state index contributed by atoms with van der Waals surface area (Å²) in [5.74, 6) is 1.09. The number of aromatic amines is 1. The summed E-state index contributed by atoms with van der Waals surface area (Å²) in [7, 11) is 0. The van der Waals surface area contributed by atoms with Crippen molar-refractivity contribution < 1.29 is 4.79 Å². The molecular weight excluding hydrogens is 346 g/mol. The van der Waals surface area contributed by atoms with Gasteiger partial charge in [-0.3, -0.25) is 4.79 Å². The topological polar surface area (TPSA) is 82.7 Å². The van der Waals surface area contributed by atoms with Gasteiger partial charge in [-0.15, -0.1) is 0 Å². The van der Waals surface area contributed by atoms with Crippen LogP contribution in [0.25, 0.3) is 11.2 Å². The molecule has 1 saturated carbocycles. The van der Waals surface area contributed by atoms with Crippen LogP contribution in [0.15, 0.2) is 16.7 Å². The van der Waals surface area contributed by atoms with Crippen molar-refractivity contribution in [1.29, 1.82) is 0 Å². The smallest absolute Gasteiger partial charge is 0.224 e. The number of H-pyrrole nitrogens is 1. The minimum absolute atomic E-state index is 0.163. The van der Waals surface area contributed by atoms with Gasteiger partial charge in [0.15, 0.2) is 5.65 Å². The lowest BCUT2D eigenvalue weighted by atomic mass is 9.92. The van der Waals surface area contributed by atoms with Crippen LogP contribution in [0.4, 0.5) is 0 Å². The van der Waals surface area contributed by atoms with Gasteiger partial charge in [0.05, 0.1) is 12.1 Å². The Morgan fingerprint density at radius 3 is 3.09 bits per heavy atom. The number of hydrogen-bond donors (Lipinski definition) is 3. The van der Waals surface area contributed by atoms with Crippen molar-refractivity contribution in [3.05, 3.63) is 22.6 Å². The molecule has 3 heterocycles. The Labute approximate surface area is 136 Å². The number of hydrogen-bond acceptors (Lipinski definition) is 4. The van der Waals surface area contributed by atoms with Crippen LogP contribution in [-0.2, 0) is 11.3 Å². The van der Waals surface area contributed by atoms with Gasteiger partial charge in [0, 0.05) is 16.6 Å². The van der Waals surface area contributed by atoms with Crippen LogP contribution in [0.1, 0.15) is 25.1 Å². The second kappa shape index (κ2) is 5.31. The van der Waals surface area contributed by atoms with Crippen molar-refractivity contribution in [3.63, 3.8) is 0 Å². The van der Waals surface area contributed by atoms with Gasteiger partial charge in [-0.1, -0.05) is 0 Å². The van der Waals surface area contributed by atoms with Gasteiger partial charge in [-0.2, -0.15) is 0 Å².